The number of carbonyl (C=O) groups is 2. The Hall–Kier alpha value is -3.38. The van der Waals surface area contributed by atoms with E-state index in [2.05, 4.69) is 35.3 Å². The Morgan fingerprint density at radius 3 is 2.75 bits per heavy atom. The molecule has 1 fully saturated rings. The van der Waals surface area contributed by atoms with E-state index in [1.54, 1.807) is 22.3 Å². The summed E-state index contributed by atoms with van der Waals surface area (Å²) in [5.41, 5.74) is 2.77. The number of pyridine rings is 1. The van der Waals surface area contributed by atoms with Gasteiger partial charge < -0.3 is 20.3 Å². The summed E-state index contributed by atoms with van der Waals surface area (Å²) >= 11 is 6.97. The Balaban J connectivity index is 1.34. The number of likely N-dealkylation sites (tertiary alicyclic amines) is 1. The SMILES string of the molecule is COC(=O)CCNC(=S)N1CCC(c2nc(C(=O)Nc3cccnc3-n3nc(C)cc3C)cs2)CC1. The number of thiocarbonyl (C=S) groups is 1. The van der Waals surface area contributed by atoms with Crippen LogP contribution in [0.15, 0.2) is 29.8 Å². The highest BCUT2D eigenvalue weighted by molar-refractivity contribution is 7.80. The maximum atomic E-state index is 13.0. The third-order valence-electron chi connectivity index (χ3n) is 5.96. The van der Waals surface area contributed by atoms with Gasteiger partial charge in [0.2, 0.25) is 0 Å². The second-order valence-electron chi connectivity index (χ2n) is 8.56. The number of esters is 1. The zero-order valence-electron chi connectivity index (χ0n) is 20.5. The molecule has 0 saturated carbocycles. The fourth-order valence-corrected chi connectivity index (χ4v) is 5.34. The van der Waals surface area contributed by atoms with Crippen LogP contribution in [-0.4, -0.2) is 68.4 Å². The average Bonchev–Trinajstić information content (AvgIpc) is 3.50. The molecule has 1 saturated heterocycles. The van der Waals surface area contributed by atoms with E-state index in [1.165, 1.54) is 18.4 Å². The fourth-order valence-electron chi connectivity index (χ4n) is 4.09. The van der Waals surface area contributed by atoms with Gasteiger partial charge in [-0.05, 0) is 57.1 Å². The molecule has 1 aliphatic heterocycles. The highest BCUT2D eigenvalue weighted by Gasteiger charge is 2.25. The number of methoxy groups -OCH3 is 1. The van der Waals surface area contributed by atoms with Gasteiger partial charge in [0.05, 0.1) is 29.9 Å². The monoisotopic (exact) mass is 527 g/mol. The number of amides is 1. The summed E-state index contributed by atoms with van der Waals surface area (Å²) in [4.78, 5) is 35.4. The molecule has 0 radical (unpaired) electrons. The standard InChI is InChI=1S/C24H29N7O3S2/c1-15-13-16(2)31(29-15)21-18(5-4-9-25-21)27-22(33)19-14-36-23(28-19)17-7-11-30(12-8-17)24(35)26-10-6-20(32)34-3/h4-5,9,13-14,17H,6-8,10-12H2,1-3H3,(H,26,35)(H,27,33). The quantitative estimate of drug-likeness (QED) is 0.353. The van der Waals surface area contributed by atoms with E-state index in [-0.39, 0.29) is 24.2 Å². The fraction of sp³-hybridized carbons (Fsp3) is 0.417. The molecule has 36 heavy (non-hydrogen) atoms. The molecule has 2 N–H and O–H groups in total. The van der Waals surface area contributed by atoms with Gasteiger partial charge in [-0.25, -0.2) is 14.6 Å². The Morgan fingerprint density at radius 2 is 2.06 bits per heavy atom. The lowest BCUT2D eigenvalue weighted by Crippen LogP contribution is -2.44. The molecule has 3 aromatic rings. The zero-order valence-corrected chi connectivity index (χ0v) is 22.1. The maximum Gasteiger partial charge on any atom is 0.307 e. The number of hydrogen-bond donors (Lipinski definition) is 2. The summed E-state index contributed by atoms with van der Waals surface area (Å²) in [6.45, 7) is 5.90. The number of nitrogens with one attached hydrogen (secondary N) is 2. The van der Waals surface area contributed by atoms with Crippen LogP contribution in [0.2, 0.25) is 0 Å². The molecule has 10 nitrogen and oxygen atoms in total. The van der Waals surface area contributed by atoms with Crippen molar-refractivity contribution in [3.8, 4) is 5.82 Å². The van der Waals surface area contributed by atoms with Crippen molar-refractivity contribution in [1.29, 1.82) is 0 Å². The first kappa shape index (κ1) is 25.7. The number of ether oxygens (including phenoxy) is 1. The summed E-state index contributed by atoms with van der Waals surface area (Å²) < 4.78 is 6.37. The number of aromatic nitrogens is 4. The van der Waals surface area contributed by atoms with Crippen molar-refractivity contribution in [2.75, 3.05) is 32.1 Å². The van der Waals surface area contributed by atoms with Gasteiger partial charge >= 0.3 is 5.97 Å². The van der Waals surface area contributed by atoms with Crippen LogP contribution in [0.5, 0.6) is 0 Å². The number of nitrogens with zero attached hydrogens (tertiary/aromatic N) is 5. The molecule has 0 atom stereocenters. The van der Waals surface area contributed by atoms with Crippen molar-refractivity contribution < 1.29 is 14.3 Å². The van der Waals surface area contributed by atoms with Crippen LogP contribution in [0.25, 0.3) is 5.82 Å². The normalized spacial score (nSPS) is 13.9. The number of anilines is 1. The molecule has 3 aromatic heterocycles. The third-order valence-corrected chi connectivity index (χ3v) is 7.37. The number of aryl methyl sites for hydroxylation is 2. The molecular weight excluding hydrogens is 498 g/mol. The Morgan fingerprint density at radius 1 is 1.28 bits per heavy atom. The van der Waals surface area contributed by atoms with Crippen molar-refractivity contribution in [3.63, 3.8) is 0 Å². The highest BCUT2D eigenvalue weighted by atomic mass is 32.1. The highest BCUT2D eigenvalue weighted by Crippen LogP contribution is 2.31. The average molecular weight is 528 g/mol. The molecule has 1 amide bonds. The van der Waals surface area contributed by atoms with Crippen LogP contribution in [0.3, 0.4) is 0 Å². The van der Waals surface area contributed by atoms with Crippen LogP contribution in [0, 0.1) is 13.8 Å². The van der Waals surface area contributed by atoms with Gasteiger partial charge in [0, 0.05) is 42.8 Å². The van der Waals surface area contributed by atoms with Gasteiger partial charge in [0.15, 0.2) is 10.9 Å². The van der Waals surface area contributed by atoms with Gasteiger partial charge in [-0.1, -0.05) is 0 Å². The first-order valence-corrected chi connectivity index (χ1v) is 13.0. The van der Waals surface area contributed by atoms with E-state index in [1.807, 2.05) is 26.0 Å². The van der Waals surface area contributed by atoms with E-state index >= 15 is 0 Å². The van der Waals surface area contributed by atoms with Gasteiger partial charge in [-0.2, -0.15) is 5.10 Å². The van der Waals surface area contributed by atoms with Crippen LogP contribution >= 0.6 is 23.6 Å². The van der Waals surface area contributed by atoms with Crippen molar-refractivity contribution in [2.45, 2.75) is 39.0 Å². The van der Waals surface area contributed by atoms with Crippen LogP contribution in [0.4, 0.5) is 5.69 Å². The van der Waals surface area contributed by atoms with Gasteiger partial charge in [-0.15, -0.1) is 11.3 Å². The summed E-state index contributed by atoms with van der Waals surface area (Å²) in [6.07, 6.45) is 3.73. The largest absolute Gasteiger partial charge is 0.469 e. The smallest absolute Gasteiger partial charge is 0.307 e. The number of hydrogen-bond acceptors (Lipinski definition) is 8. The van der Waals surface area contributed by atoms with Gasteiger partial charge in [0.1, 0.15) is 5.69 Å². The van der Waals surface area contributed by atoms with Crippen molar-refractivity contribution in [1.82, 2.24) is 30.0 Å². The second kappa shape index (κ2) is 11.6. The molecule has 4 heterocycles. The van der Waals surface area contributed by atoms with Crippen molar-refractivity contribution in [3.05, 3.63) is 51.9 Å². The second-order valence-corrected chi connectivity index (χ2v) is 9.83. The minimum atomic E-state index is -0.276. The molecule has 4 rings (SSSR count). The number of rotatable bonds is 7. The van der Waals surface area contributed by atoms with E-state index < -0.39 is 0 Å². The van der Waals surface area contributed by atoms with E-state index in [4.69, 9.17) is 12.2 Å². The predicted octanol–water partition coefficient (Wildman–Crippen LogP) is 3.21. The minimum Gasteiger partial charge on any atom is -0.469 e. The van der Waals surface area contributed by atoms with Gasteiger partial charge in [0.25, 0.3) is 5.91 Å². The molecule has 12 heteroatoms. The molecule has 1 aliphatic rings. The van der Waals surface area contributed by atoms with Gasteiger partial charge in [-0.3, -0.25) is 9.59 Å². The molecule has 0 unspecified atom stereocenters. The van der Waals surface area contributed by atoms with Crippen LogP contribution < -0.4 is 10.6 Å². The lowest BCUT2D eigenvalue weighted by molar-refractivity contribution is -0.140. The Kier molecular flexibility index (Phi) is 8.26. The molecule has 0 aliphatic carbocycles. The number of carbonyl (C=O) groups excluding carboxylic acids is 2. The lowest BCUT2D eigenvalue weighted by atomic mass is 9.98. The maximum absolute atomic E-state index is 13.0. The number of piperidine rings is 1. The topological polar surface area (TPSA) is 114 Å². The van der Waals surface area contributed by atoms with Crippen molar-refractivity contribution >= 4 is 46.2 Å². The third kappa shape index (κ3) is 6.05. The zero-order chi connectivity index (χ0) is 25.7. The molecule has 0 spiro atoms. The molecule has 0 aromatic carbocycles. The number of thiazole rings is 1. The first-order chi connectivity index (χ1) is 17.4. The van der Waals surface area contributed by atoms with Crippen LogP contribution in [-0.2, 0) is 9.53 Å². The summed E-state index contributed by atoms with van der Waals surface area (Å²) in [5, 5.41) is 13.9. The summed E-state index contributed by atoms with van der Waals surface area (Å²) in [5.74, 6) is 0.297. The molecule has 0 bridgehead atoms. The van der Waals surface area contributed by atoms with E-state index in [9.17, 15) is 9.59 Å². The molecule has 190 valence electrons. The Labute approximate surface area is 219 Å². The predicted molar refractivity (Wildman–Crippen MR) is 142 cm³/mol. The summed E-state index contributed by atoms with van der Waals surface area (Å²) in [6, 6.07) is 5.55. The Bertz CT molecular complexity index is 1250. The van der Waals surface area contributed by atoms with E-state index in [0.717, 1.165) is 42.3 Å². The van der Waals surface area contributed by atoms with Crippen LogP contribution in [0.1, 0.15) is 52.1 Å². The van der Waals surface area contributed by atoms with E-state index in [0.29, 0.717) is 28.9 Å². The van der Waals surface area contributed by atoms with Crippen molar-refractivity contribution in [2.24, 2.45) is 0 Å². The molecular formula is C24H29N7O3S2. The minimum absolute atomic E-state index is 0.265. The first-order valence-electron chi connectivity index (χ1n) is 11.7. The lowest BCUT2D eigenvalue weighted by Gasteiger charge is -2.33. The summed E-state index contributed by atoms with van der Waals surface area (Å²) in [7, 11) is 1.37.